The zero-order chi connectivity index (χ0) is 29.4. The zero-order valence-electron chi connectivity index (χ0n) is 23.3. The summed E-state index contributed by atoms with van der Waals surface area (Å²) >= 11 is 5.77. The van der Waals surface area contributed by atoms with Crippen LogP contribution < -0.4 is 14.8 Å². The lowest BCUT2D eigenvalue weighted by Gasteiger charge is -2.24. The quantitative estimate of drug-likeness (QED) is 0.250. The van der Waals surface area contributed by atoms with E-state index in [1.54, 1.807) is 50.3 Å². The molecule has 1 N–H and O–H groups in total. The molecule has 3 aromatic rings. The van der Waals surface area contributed by atoms with Crippen molar-refractivity contribution in [3.63, 3.8) is 0 Å². The van der Waals surface area contributed by atoms with E-state index in [1.165, 1.54) is 0 Å². The molecule has 9 nitrogen and oxygen atoms in total. The average Bonchev–Trinajstić information content (AvgIpc) is 3.20. The number of carbonyl (C=O) groups excluding carboxylic acids is 3. The second kappa shape index (κ2) is 13.8. The van der Waals surface area contributed by atoms with Gasteiger partial charge in [0.2, 0.25) is 5.91 Å². The van der Waals surface area contributed by atoms with Crippen LogP contribution in [-0.4, -0.2) is 66.1 Å². The van der Waals surface area contributed by atoms with Gasteiger partial charge in [0.25, 0.3) is 5.91 Å². The van der Waals surface area contributed by atoms with Gasteiger partial charge in [0, 0.05) is 12.2 Å². The Kier molecular flexibility index (Phi) is 9.91. The Balaban J connectivity index is 1.50. The number of esters is 1. The second-order valence-corrected chi connectivity index (χ2v) is 9.76. The standard InChI is InChI=1S/C31H33N3O6S/c1-4-40-30(37)23-11-13-24(14-12-23)32-28(35)19-25-29(36)34(20-22-8-6-5-7-9-22)31(41)33(25)17-16-21-10-15-26(38-2)27(18-21)39-3/h5-15,18,25H,4,16-17,19-20H2,1-3H3,(H,32,35)/t25-/m1/s1. The first-order chi connectivity index (χ1) is 19.8. The molecule has 3 aromatic carbocycles. The minimum atomic E-state index is -0.759. The molecule has 10 heteroatoms. The number of ether oxygens (including phenoxy) is 3. The van der Waals surface area contributed by atoms with Gasteiger partial charge in [-0.25, -0.2) is 4.79 Å². The maximum absolute atomic E-state index is 13.6. The molecule has 1 saturated heterocycles. The van der Waals surface area contributed by atoms with E-state index in [2.05, 4.69) is 5.32 Å². The predicted octanol–water partition coefficient (Wildman–Crippen LogP) is 4.45. The summed E-state index contributed by atoms with van der Waals surface area (Å²) in [7, 11) is 3.16. The van der Waals surface area contributed by atoms with E-state index in [0.717, 1.165) is 11.1 Å². The Morgan fingerprint density at radius 1 is 0.927 bits per heavy atom. The van der Waals surface area contributed by atoms with Gasteiger partial charge in [-0.2, -0.15) is 0 Å². The highest BCUT2D eigenvalue weighted by atomic mass is 32.1. The number of thiocarbonyl (C=S) groups is 1. The van der Waals surface area contributed by atoms with Crippen LogP contribution in [0.15, 0.2) is 72.8 Å². The number of methoxy groups -OCH3 is 2. The molecule has 0 aromatic heterocycles. The van der Waals surface area contributed by atoms with E-state index in [9.17, 15) is 14.4 Å². The minimum Gasteiger partial charge on any atom is -0.493 e. The average molecular weight is 576 g/mol. The number of hydrogen-bond donors (Lipinski definition) is 1. The molecular formula is C31H33N3O6S. The summed E-state index contributed by atoms with van der Waals surface area (Å²) in [6.07, 6.45) is 0.482. The van der Waals surface area contributed by atoms with E-state index in [0.29, 0.717) is 47.4 Å². The van der Waals surface area contributed by atoms with Crippen molar-refractivity contribution in [3.05, 3.63) is 89.5 Å². The molecule has 1 aliphatic rings. The fourth-order valence-electron chi connectivity index (χ4n) is 4.63. The minimum absolute atomic E-state index is 0.0875. The second-order valence-electron chi connectivity index (χ2n) is 9.39. The smallest absolute Gasteiger partial charge is 0.338 e. The molecule has 4 rings (SSSR count). The van der Waals surface area contributed by atoms with Crippen molar-refractivity contribution >= 4 is 40.8 Å². The maximum atomic E-state index is 13.6. The third-order valence-electron chi connectivity index (χ3n) is 6.74. The first-order valence-corrected chi connectivity index (χ1v) is 13.7. The first kappa shape index (κ1) is 29.5. The molecule has 0 aliphatic carbocycles. The predicted molar refractivity (Wildman–Crippen MR) is 159 cm³/mol. The third kappa shape index (κ3) is 7.20. The Morgan fingerprint density at radius 2 is 1.63 bits per heavy atom. The number of nitrogens with one attached hydrogen (secondary N) is 1. The lowest BCUT2D eigenvalue weighted by molar-refractivity contribution is -0.131. The van der Waals surface area contributed by atoms with Gasteiger partial charge in [-0.1, -0.05) is 36.4 Å². The van der Waals surface area contributed by atoms with Crippen molar-refractivity contribution in [1.29, 1.82) is 0 Å². The van der Waals surface area contributed by atoms with Crippen LogP contribution in [0.5, 0.6) is 11.5 Å². The van der Waals surface area contributed by atoms with Crippen molar-refractivity contribution in [3.8, 4) is 11.5 Å². The van der Waals surface area contributed by atoms with Crippen molar-refractivity contribution in [2.24, 2.45) is 0 Å². The number of benzene rings is 3. The fourth-order valence-corrected chi connectivity index (χ4v) is 5.01. The Bertz CT molecular complexity index is 1400. The molecule has 0 radical (unpaired) electrons. The number of amides is 2. The molecule has 41 heavy (non-hydrogen) atoms. The highest BCUT2D eigenvalue weighted by Gasteiger charge is 2.43. The van der Waals surface area contributed by atoms with Gasteiger partial charge in [0.1, 0.15) is 6.04 Å². The van der Waals surface area contributed by atoms with Gasteiger partial charge in [0.15, 0.2) is 16.6 Å². The number of rotatable bonds is 12. The van der Waals surface area contributed by atoms with Crippen LogP contribution in [0.2, 0.25) is 0 Å². The lowest BCUT2D eigenvalue weighted by Crippen LogP contribution is -2.39. The highest BCUT2D eigenvalue weighted by Crippen LogP contribution is 2.29. The van der Waals surface area contributed by atoms with Crippen LogP contribution in [0.25, 0.3) is 0 Å². The van der Waals surface area contributed by atoms with E-state index < -0.39 is 12.0 Å². The number of hydrogen-bond acceptors (Lipinski definition) is 7. The molecule has 2 amide bonds. The molecular weight excluding hydrogens is 542 g/mol. The van der Waals surface area contributed by atoms with E-state index in [4.69, 9.17) is 26.4 Å². The van der Waals surface area contributed by atoms with E-state index in [1.807, 2.05) is 53.4 Å². The van der Waals surface area contributed by atoms with Crippen LogP contribution >= 0.6 is 12.2 Å². The summed E-state index contributed by atoms with van der Waals surface area (Å²) < 4.78 is 15.8. The molecule has 0 bridgehead atoms. The summed E-state index contributed by atoms with van der Waals surface area (Å²) in [6, 6.07) is 20.9. The van der Waals surface area contributed by atoms with Gasteiger partial charge < -0.3 is 24.4 Å². The molecule has 1 atom stereocenters. The first-order valence-electron chi connectivity index (χ1n) is 13.3. The lowest BCUT2D eigenvalue weighted by atomic mass is 10.1. The summed E-state index contributed by atoms with van der Waals surface area (Å²) in [5, 5.41) is 3.21. The Morgan fingerprint density at radius 3 is 2.29 bits per heavy atom. The topological polar surface area (TPSA) is 97.4 Å². The normalized spacial score (nSPS) is 14.7. The van der Waals surface area contributed by atoms with Gasteiger partial charge in [-0.05, 0) is 73.1 Å². The van der Waals surface area contributed by atoms with Crippen molar-refractivity contribution in [2.75, 3.05) is 32.7 Å². The SMILES string of the molecule is CCOC(=O)c1ccc(NC(=O)C[C@@H]2C(=O)N(Cc3ccccc3)C(=S)N2CCc2ccc(OC)c(OC)c2)cc1. The highest BCUT2D eigenvalue weighted by molar-refractivity contribution is 7.80. The van der Waals surface area contributed by atoms with Gasteiger partial charge in [-0.15, -0.1) is 0 Å². The van der Waals surface area contributed by atoms with Crippen molar-refractivity contribution in [2.45, 2.75) is 32.4 Å². The van der Waals surface area contributed by atoms with Crippen molar-refractivity contribution in [1.82, 2.24) is 9.80 Å². The summed E-state index contributed by atoms with van der Waals surface area (Å²) in [6.45, 7) is 2.76. The molecule has 1 fully saturated rings. The van der Waals surface area contributed by atoms with Crippen LogP contribution in [0.1, 0.15) is 34.8 Å². The van der Waals surface area contributed by atoms with E-state index >= 15 is 0 Å². The number of carbonyl (C=O) groups is 3. The maximum Gasteiger partial charge on any atom is 0.338 e. The third-order valence-corrected chi connectivity index (χ3v) is 7.19. The largest absolute Gasteiger partial charge is 0.493 e. The summed E-state index contributed by atoms with van der Waals surface area (Å²) in [5.74, 6) is 0.244. The van der Waals surface area contributed by atoms with Crippen LogP contribution in [0.4, 0.5) is 5.69 Å². The summed E-state index contributed by atoms with van der Waals surface area (Å²) in [5.41, 5.74) is 2.81. The van der Waals surface area contributed by atoms with Crippen LogP contribution in [0, 0.1) is 0 Å². The monoisotopic (exact) mass is 575 g/mol. The van der Waals surface area contributed by atoms with Crippen LogP contribution in [-0.2, 0) is 27.3 Å². The molecule has 0 unspecified atom stereocenters. The van der Waals surface area contributed by atoms with Gasteiger partial charge in [-0.3, -0.25) is 14.5 Å². The molecule has 1 heterocycles. The number of anilines is 1. The van der Waals surface area contributed by atoms with Crippen LogP contribution in [0.3, 0.4) is 0 Å². The van der Waals surface area contributed by atoms with Gasteiger partial charge >= 0.3 is 5.97 Å². The van der Waals surface area contributed by atoms with E-state index in [-0.39, 0.29) is 24.8 Å². The molecule has 214 valence electrons. The number of nitrogens with zero attached hydrogens (tertiary/aromatic N) is 2. The Labute approximate surface area is 245 Å². The summed E-state index contributed by atoms with van der Waals surface area (Å²) in [4.78, 5) is 42.0. The zero-order valence-corrected chi connectivity index (χ0v) is 24.1. The molecule has 0 saturated carbocycles. The van der Waals surface area contributed by atoms with Crippen molar-refractivity contribution < 1.29 is 28.6 Å². The van der Waals surface area contributed by atoms with Gasteiger partial charge in [0.05, 0.1) is 39.4 Å². The molecule has 1 aliphatic heterocycles. The Hall–Kier alpha value is -4.44. The molecule has 0 spiro atoms. The fraction of sp³-hybridized carbons (Fsp3) is 0.290.